The third-order valence-electron chi connectivity index (χ3n) is 6.31. The SMILES string of the molecule is O=C([C@@H]1CCS(=O)(=O)C1)N1[C@H]2CC[C@H]1c1cnc(N3CCOCC3)nc1C2. The predicted molar refractivity (Wildman–Crippen MR) is 98.1 cm³/mol. The molecular formula is C18H24N4O4S. The second kappa shape index (κ2) is 6.41. The van der Waals surface area contributed by atoms with Crippen molar-refractivity contribution in [1.29, 1.82) is 0 Å². The molecule has 0 spiro atoms. The Kier molecular flexibility index (Phi) is 4.12. The van der Waals surface area contributed by atoms with Crippen LogP contribution in [0.3, 0.4) is 0 Å². The first kappa shape index (κ1) is 17.4. The molecule has 2 bridgehead atoms. The lowest BCUT2D eigenvalue weighted by Crippen LogP contribution is -2.45. The molecule has 4 aliphatic rings. The average Bonchev–Trinajstić information content (AvgIpc) is 3.20. The van der Waals surface area contributed by atoms with E-state index in [2.05, 4.69) is 9.88 Å². The number of hydrogen-bond acceptors (Lipinski definition) is 7. The third-order valence-corrected chi connectivity index (χ3v) is 8.08. The van der Waals surface area contributed by atoms with Crippen molar-refractivity contribution in [3.05, 3.63) is 17.5 Å². The highest BCUT2D eigenvalue weighted by Crippen LogP contribution is 2.44. The summed E-state index contributed by atoms with van der Waals surface area (Å²) in [6.45, 7) is 2.98. The molecule has 27 heavy (non-hydrogen) atoms. The van der Waals surface area contributed by atoms with E-state index in [0.29, 0.717) is 19.6 Å². The first-order chi connectivity index (χ1) is 13.0. The summed E-state index contributed by atoms with van der Waals surface area (Å²) < 4.78 is 29.0. The fourth-order valence-corrected chi connectivity index (χ4v) is 6.65. The zero-order chi connectivity index (χ0) is 18.6. The molecule has 3 atom stereocenters. The van der Waals surface area contributed by atoms with E-state index < -0.39 is 9.84 Å². The van der Waals surface area contributed by atoms with E-state index >= 15 is 0 Å². The van der Waals surface area contributed by atoms with E-state index in [1.165, 1.54) is 0 Å². The summed E-state index contributed by atoms with van der Waals surface area (Å²) in [4.78, 5) is 26.6. The Bertz CT molecular complexity index is 868. The fourth-order valence-electron chi connectivity index (χ4n) is 4.92. The lowest BCUT2D eigenvalue weighted by Gasteiger charge is -2.37. The van der Waals surface area contributed by atoms with Crippen LogP contribution in [0.4, 0.5) is 5.95 Å². The van der Waals surface area contributed by atoms with Crippen LogP contribution in [0.5, 0.6) is 0 Å². The Balaban J connectivity index is 1.40. The smallest absolute Gasteiger partial charge is 0.227 e. The number of rotatable bonds is 2. The van der Waals surface area contributed by atoms with Crippen molar-refractivity contribution in [3.8, 4) is 0 Å². The van der Waals surface area contributed by atoms with E-state index in [0.717, 1.165) is 49.6 Å². The zero-order valence-electron chi connectivity index (χ0n) is 15.2. The highest BCUT2D eigenvalue weighted by atomic mass is 32.2. The molecule has 0 aromatic carbocycles. The van der Waals surface area contributed by atoms with Gasteiger partial charge < -0.3 is 14.5 Å². The molecule has 146 valence electrons. The highest BCUT2D eigenvalue weighted by Gasteiger charge is 2.47. The zero-order valence-corrected chi connectivity index (χ0v) is 16.0. The minimum atomic E-state index is -3.06. The molecular weight excluding hydrogens is 368 g/mol. The lowest BCUT2D eigenvalue weighted by molar-refractivity contribution is -0.138. The van der Waals surface area contributed by atoms with Gasteiger partial charge in [-0.2, -0.15) is 0 Å². The van der Waals surface area contributed by atoms with Gasteiger partial charge in [-0.15, -0.1) is 0 Å². The maximum absolute atomic E-state index is 13.1. The van der Waals surface area contributed by atoms with E-state index in [4.69, 9.17) is 9.72 Å². The van der Waals surface area contributed by atoms with E-state index in [-0.39, 0.29) is 35.4 Å². The quantitative estimate of drug-likeness (QED) is 0.716. The van der Waals surface area contributed by atoms with Gasteiger partial charge in [0.1, 0.15) is 0 Å². The van der Waals surface area contributed by atoms with Gasteiger partial charge in [0, 0.05) is 37.3 Å². The molecule has 0 aliphatic carbocycles. The Morgan fingerprint density at radius 1 is 1.19 bits per heavy atom. The highest BCUT2D eigenvalue weighted by molar-refractivity contribution is 7.91. The van der Waals surface area contributed by atoms with Gasteiger partial charge in [0.2, 0.25) is 11.9 Å². The molecule has 0 radical (unpaired) electrons. The van der Waals surface area contributed by atoms with Crippen molar-refractivity contribution < 1.29 is 17.9 Å². The van der Waals surface area contributed by atoms with Crippen molar-refractivity contribution in [2.75, 3.05) is 42.7 Å². The van der Waals surface area contributed by atoms with Crippen LogP contribution in [0.25, 0.3) is 0 Å². The summed E-state index contributed by atoms with van der Waals surface area (Å²) in [6.07, 6.45) is 4.92. The largest absolute Gasteiger partial charge is 0.378 e. The summed E-state index contributed by atoms with van der Waals surface area (Å²) in [6, 6.07) is 0.124. The Hall–Kier alpha value is -1.74. The lowest BCUT2D eigenvalue weighted by atomic mass is 9.96. The number of amides is 1. The van der Waals surface area contributed by atoms with Gasteiger partial charge in [-0.1, -0.05) is 0 Å². The topological polar surface area (TPSA) is 92.7 Å². The van der Waals surface area contributed by atoms with Crippen LogP contribution in [-0.4, -0.2) is 73.0 Å². The summed E-state index contributed by atoms with van der Waals surface area (Å²) in [5, 5.41) is 0. The van der Waals surface area contributed by atoms with Crippen molar-refractivity contribution in [3.63, 3.8) is 0 Å². The van der Waals surface area contributed by atoms with Crippen molar-refractivity contribution in [2.24, 2.45) is 5.92 Å². The molecule has 0 saturated carbocycles. The van der Waals surface area contributed by atoms with Crippen LogP contribution >= 0.6 is 0 Å². The number of anilines is 1. The first-order valence-corrected chi connectivity index (χ1v) is 11.5. The van der Waals surface area contributed by atoms with Crippen LogP contribution in [0.15, 0.2) is 6.20 Å². The number of morpholine rings is 1. The van der Waals surface area contributed by atoms with Crippen LogP contribution in [0, 0.1) is 5.92 Å². The number of carbonyl (C=O) groups excluding carboxylic acids is 1. The second-order valence-electron chi connectivity index (χ2n) is 7.97. The summed E-state index contributed by atoms with van der Waals surface area (Å²) in [7, 11) is -3.06. The van der Waals surface area contributed by atoms with Crippen molar-refractivity contribution in [1.82, 2.24) is 14.9 Å². The molecule has 5 heterocycles. The molecule has 4 aliphatic heterocycles. The van der Waals surface area contributed by atoms with Crippen molar-refractivity contribution in [2.45, 2.75) is 37.8 Å². The summed E-state index contributed by atoms with van der Waals surface area (Å²) in [5.74, 6) is 0.508. The molecule has 0 unspecified atom stereocenters. The number of fused-ring (bicyclic) bond motifs is 4. The van der Waals surface area contributed by atoms with E-state index in [9.17, 15) is 13.2 Å². The van der Waals surface area contributed by atoms with E-state index in [1.54, 1.807) is 0 Å². The Morgan fingerprint density at radius 2 is 2.00 bits per heavy atom. The standard InChI is InChI=1S/C18H24N4O4S/c23-17(12-3-8-27(24,25)11-12)22-13-1-2-16(22)14-10-19-18(20-15(14)9-13)21-4-6-26-7-5-21/h10,12-13,16H,1-9,11H2/t12-,13+,16+/m1/s1. The van der Waals surface area contributed by atoms with Gasteiger partial charge in [-0.25, -0.2) is 18.4 Å². The molecule has 8 nitrogen and oxygen atoms in total. The fraction of sp³-hybridized carbons (Fsp3) is 0.722. The Labute approximate surface area is 158 Å². The van der Waals surface area contributed by atoms with E-state index in [1.807, 2.05) is 11.1 Å². The summed E-state index contributed by atoms with van der Waals surface area (Å²) >= 11 is 0. The van der Waals surface area contributed by atoms with Gasteiger partial charge >= 0.3 is 0 Å². The van der Waals surface area contributed by atoms with Gasteiger partial charge in [0.25, 0.3) is 0 Å². The molecule has 3 saturated heterocycles. The average molecular weight is 392 g/mol. The maximum atomic E-state index is 13.1. The number of ether oxygens (including phenoxy) is 1. The molecule has 5 rings (SSSR count). The van der Waals surface area contributed by atoms with Crippen molar-refractivity contribution >= 4 is 21.7 Å². The van der Waals surface area contributed by atoms with Crippen LogP contribution < -0.4 is 4.90 Å². The molecule has 1 aromatic rings. The number of nitrogens with zero attached hydrogens (tertiary/aromatic N) is 4. The Morgan fingerprint density at radius 3 is 2.74 bits per heavy atom. The second-order valence-corrected chi connectivity index (χ2v) is 10.2. The van der Waals surface area contributed by atoms with Gasteiger partial charge in [0.05, 0.1) is 42.4 Å². The number of hydrogen-bond donors (Lipinski definition) is 0. The molecule has 1 amide bonds. The molecule has 9 heteroatoms. The monoisotopic (exact) mass is 392 g/mol. The predicted octanol–water partition coefficient (Wildman–Crippen LogP) is 0.336. The first-order valence-electron chi connectivity index (χ1n) is 9.73. The minimum absolute atomic E-state index is 0.00109. The normalized spacial score (nSPS) is 31.8. The van der Waals surface area contributed by atoms with Crippen LogP contribution in [0.1, 0.15) is 36.6 Å². The van der Waals surface area contributed by atoms with Gasteiger partial charge in [0.15, 0.2) is 9.84 Å². The van der Waals surface area contributed by atoms with Crippen LogP contribution in [0.2, 0.25) is 0 Å². The third kappa shape index (κ3) is 3.00. The summed E-state index contributed by atoms with van der Waals surface area (Å²) in [5.41, 5.74) is 2.08. The molecule has 3 fully saturated rings. The maximum Gasteiger partial charge on any atom is 0.227 e. The van der Waals surface area contributed by atoms with Gasteiger partial charge in [-0.05, 0) is 19.3 Å². The van der Waals surface area contributed by atoms with Gasteiger partial charge in [-0.3, -0.25) is 4.79 Å². The minimum Gasteiger partial charge on any atom is -0.378 e. The van der Waals surface area contributed by atoms with Crippen LogP contribution in [-0.2, 0) is 25.8 Å². The number of carbonyl (C=O) groups is 1. The number of aromatic nitrogens is 2. The number of sulfone groups is 1. The molecule has 1 aromatic heterocycles. The molecule has 0 N–H and O–H groups in total.